The average Bonchev–Trinajstić information content (AvgIpc) is 2.28. The summed E-state index contributed by atoms with van der Waals surface area (Å²) in [6, 6.07) is 0. The Kier molecular flexibility index (Phi) is 6.15. The van der Waals surface area contributed by atoms with Gasteiger partial charge in [-0.15, -0.1) is 24.7 Å². The van der Waals surface area contributed by atoms with Crippen LogP contribution in [0.1, 0.15) is 40.5 Å². The number of carbonyl (C=O) groups is 2. The first kappa shape index (κ1) is 17.1. The lowest BCUT2D eigenvalue weighted by Crippen LogP contribution is -2.57. The summed E-state index contributed by atoms with van der Waals surface area (Å²) in [5, 5.41) is 2.66. The zero-order chi connectivity index (χ0) is 15.1. The first-order valence-corrected chi connectivity index (χ1v) is 6.10. The van der Waals surface area contributed by atoms with Crippen LogP contribution in [-0.2, 0) is 14.3 Å². The third-order valence-electron chi connectivity index (χ3n) is 2.51. The van der Waals surface area contributed by atoms with E-state index in [0.29, 0.717) is 0 Å². The van der Waals surface area contributed by atoms with E-state index in [1.165, 1.54) is 0 Å². The summed E-state index contributed by atoms with van der Waals surface area (Å²) in [5.74, 6) is 3.86. The van der Waals surface area contributed by atoms with Crippen molar-refractivity contribution in [2.24, 2.45) is 5.41 Å². The monoisotopic (exact) mass is 263 g/mol. The maximum atomic E-state index is 12.1. The fraction of sp³-hybridized carbons (Fsp3) is 0.600. The minimum absolute atomic E-state index is 0.00213. The fourth-order valence-corrected chi connectivity index (χ4v) is 1.37. The molecule has 0 unspecified atom stereocenters. The van der Waals surface area contributed by atoms with Gasteiger partial charge in [0.2, 0.25) is 5.91 Å². The van der Waals surface area contributed by atoms with E-state index in [1.807, 2.05) is 0 Å². The average molecular weight is 263 g/mol. The van der Waals surface area contributed by atoms with Crippen molar-refractivity contribution in [2.45, 2.75) is 46.1 Å². The van der Waals surface area contributed by atoms with Gasteiger partial charge in [-0.2, -0.15) is 0 Å². The van der Waals surface area contributed by atoms with Crippen LogP contribution in [0.3, 0.4) is 0 Å². The van der Waals surface area contributed by atoms with Crippen LogP contribution in [-0.4, -0.2) is 24.0 Å². The van der Waals surface area contributed by atoms with Crippen molar-refractivity contribution in [2.75, 3.05) is 6.61 Å². The van der Waals surface area contributed by atoms with E-state index in [9.17, 15) is 9.59 Å². The van der Waals surface area contributed by atoms with Gasteiger partial charge in [-0.1, -0.05) is 20.8 Å². The van der Waals surface area contributed by atoms with Crippen LogP contribution in [0, 0.1) is 30.1 Å². The lowest BCUT2D eigenvalue weighted by molar-refractivity contribution is -0.154. The maximum absolute atomic E-state index is 12.1. The SMILES string of the molecule is C#CCC(CC#C)(NC(=O)C(C)(C)C)C(=O)OCC. The molecule has 0 aliphatic rings. The number of terminal acetylenes is 2. The summed E-state index contributed by atoms with van der Waals surface area (Å²) in [4.78, 5) is 24.2. The number of carbonyl (C=O) groups excluding carboxylic acids is 2. The van der Waals surface area contributed by atoms with Crippen molar-refractivity contribution >= 4 is 11.9 Å². The van der Waals surface area contributed by atoms with Gasteiger partial charge in [0, 0.05) is 18.3 Å². The molecule has 0 aromatic heterocycles. The number of amides is 1. The van der Waals surface area contributed by atoms with E-state index in [4.69, 9.17) is 17.6 Å². The highest BCUT2D eigenvalue weighted by Crippen LogP contribution is 2.21. The van der Waals surface area contributed by atoms with Gasteiger partial charge >= 0.3 is 5.97 Å². The Morgan fingerprint density at radius 3 is 1.95 bits per heavy atom. The van der Waals surface area contributed by atoms with E-state index < -0.39 is 16.9 Å². The largest absolute Gasteiger partial charge is 0.464 e. The Balaban J connectivity index is 5.37. The molecule has 1 N–H and O–H groups in total. The van der Waals surface area contributed by atoms with Gasteiger partial charge in [0.15, 0.2) is 5.54 Å². The molecule has 0 radical (unpaired) electrons. The van der Waals surface area contributed by atoms with Crippen LogP contribution in [0.2, 0.25) is 0 Å². The van der Waals surface area contributed by atoms with Crippen LogP contribution < -0.4 is 5.32 Å². The van der Waals surface area contributed by atoms with Crippen molar-refractivity contribution in [3.63, 3.8) is 0 Å². The highest BCUT2D eigenvalue weighted by atomic mass is 16.5. The van der Waals surface area contributed by atoms with E-state index in [1.54, 1.807) is 27.7 Å². The molecule has 4 nitrogen and oxygen atoms in total. The Bertz CT molecular complexity index is 402. The molecule has 0 spiro atoms. The van der Waals surface area contributed by atoms with Crippen LogP contribution in [0.15, 0.2) is 0 Å². The molecule has 1 amide bonds. The first-order valence-electron chi connectivity index (χ1n) is 6.10. The van der Waals surface area contributed by atoms with Gasteiger partial charge in [-0.25, -0.2) is 4.79 Å². The Morgan fingerprint density at radius 1 is 1.16 bits per heavy atom. The normalized spacial score (nSPS) is 11.1. The third kappa shape index (κ3) is 4.67. The van der Waals surface area contributed by atoms with Gasteiger partial charge in [0.1, 0.15) is 0 Å². The minimum Gasteiger partial charge on any atom is -0.464 e. The molecule has 0 saturated heterocycles. The van der Waals surface area contributed by atoms with Crippen LogP contribution in [0.4, 0.5) is 0 Å². The zero-order valence-corrected chi connectivity index (χ0v) is 12.0. The van der Waals surface area contributed by atoms with E-state index in [2.05, 4.69) is 17.2 Å². The summed E-state index contributed by atoms with van der Waals surface area (Å²) in [6.45, 7) is 7.10. The van der Waals surface area contributed by atoms with Gasteiger partial charge in [-0.3, -0.25) is 4.79 Å². The molecule has 0 heterocycles. The molecule has 0 aromatic rings. The van der Waals surface area contributed by atoms with Gasteiger partial charge in [0.05, 0.1) is 6.61 Å². The predicted molar refractivity (Wildman–Crippen MR) is 73.9 cm³/mol. The van der Waals surface area contributed by atoms with Crippen molar-refractivity contribution in [3.05, 3.63) is 0 Å². The molecule has 4 heteroatoms. The lowest BCUT2D eigenvalue weighted by Gasteiger charge is -2.32. The van der Waals surface area contributed by atoms with Gasteiger partial charge in [0.25, 0.3) is 0 Å². The highest BCUT2D eigenvalue weighted by molar-refractivity contribution is 5.90. The molecule has 0 fully saturated rings. The van der Waals surface area contributed by atoms with E-state index >= 15 is 0 Å². The standard InChI is InChI=1S/C15H21NO3/c1-7-10-15(11-8-2,13(18)19-9-3)16-12(17)14(4,5)6/h1-2H,9-11H2,3-6H3,(H,16,17). The summed E-state index contributed by atoms with van der Waals surface area (Å²) in [6.07, 6.45) is 10.6. The van der Waals surface area contributed by atoms with Crippen molar-refractivity contribution < 1.29 is 14.3 Å². The zero-order valence-electron chi connectivity index (χ0n) is 12.0. The van der Waals surface area contributed by atoms with Gasteiger partial charge in [-0.05, 0) is 6.92 Å². The number of nitrogens with one attached hydrogen (secondary N) is 1. The fourth-order valence-electron chi connectivity index (χ4n) is 1.37. The Hall–Kier alpha value is -1.94. The third-order valence-corrected chi connectivity index (χ3v) is 2.51. The van der Waals surface area contributed by atoms with E-state index in [-0.39, 0.29) is 25.4 Å². The maximum Gasteiger partial charge on any atom is 0.333 e. The van der Waals surface area contributed by atoms with E-state index in [0.717, 1.165) is 0 Å². The second-order valence-electron chi connectivity index (χ2n) is 5.27. The second-order valence-corrected chi connectivity index (χ2v) is 5.27. The lowest BCUT2D eigenvalue weighted by atomic mass is 9.88. The van der Waals surface area contributed by atoms with Crippen LogP contribution in [0.25, 0.3) is 0 Å². The molecule has 0 aromatic carbocycles. The number of rotatable bonds is 5. The minimum atomic E-state index is -1.34. The summed E-state index contributed by atoms with van der Waals surface area (Å²) in [7, 11) is 0. The Labute approximate surface area is 115 Å². The number of ether oxygens (including phenoxy) is 1. The van der Waals surface area contributed by atoms with Gasteiger partial charge < -0.3 is 10.1 Å². The molecule has 0 bridgehead atoms. The summed E-state index contributed by atoms with van der Waals surface area (Å²) >= 11 is 0. The second kappa shape index (κ2) is 6.85. The smallest absolute Gasteiger partial charge is 0.333 e. The molecular formula is C15H21NO3. The number of esters is 1. The molecule has 104 valence electrons. The number of hydrogen-bond acceptors (Lipinski definition) is 3. The van der Waals surface area contributed by atoms with Crippen molar-refractivity contribution in [1.29, 1.82) is 0 Å². The molecular weight excluding hydrogens is 242 g/mol. The predicted octanol–water partition coefficient (Wildman–Crippen LogP) is 1.50. The summed E-state index contributed by atoms with van der Waals surface area (Å²) in [5.41, 5.74) is -2.00. The Morgan fingerprint density at radius 2 is 1.63 bits per heavy atom. The molecule has 0 aliphatic heterocycles. The highest BCUT2D eigenvalue weighted by Gasteiger charge is 2.42. The molecule has 0 rings (SSSR count). The van der Waals surface area contributed by atoms with Crippen LogP contribution >= 0.6 is 0 Å². The molecule has 0 saturated carbocycles. The van der Waals surface area contributed by atoms with Crippen LogP contribution in [0.5, 0.6) is 0 Å². The quantitative estimate of drug-likeness (QED) is 0.604. The molecule has 0 aliphatic carbocycles. The molecule has 0 atom stereocenters. The van der Waals surface area contributed by atoms with Crippen molar-refractivity contribution in [1.82, 2.24) is 5.32 Å². The first-order chi connectivity index (χ1) is 8.73. The molecule has 19 heavy (non-hydrogen) atoms. The topological polar surface area (TPSA) is 55.4 Å². The summed E-state index contributed by atoms with van der Waals surface area (Å²) < 4.78 is 4.98. The van der Waals surface area contributed by atoms with Crippen molar-refractivity contribution in [3.8, 4) is 24.7 Å². The number of hydrogen-bond donors (Lipinski definition) is 1.